The van der Waals surface area contributed by atoms with Crippen LogP contribution >= 0.6 is 0 Å². The van der Waals surface area contributed by atoms with E-state index < -0.39 is 5.09 Å². The molecule has 0 spiro atoms. The van der Waals surface area contributed by atoms with Gasteiger partial charge >= 0.3 is 0 Å². The normalized spacial score (nSPS) is 9.08. The van der Waals surface area contributed by atoms with Gasteiger partial charge in [-0.2, -0.15) is 0 Å². The molecule has 0 bridgehead atoms. The first kappa shape index (κ1) is 8.32. The van der Waals surface area contributed by atoms with Gasteiger partial charge in [0.15, 0.2) is 0 Å². The van der Waals surface area contributed by atoms with Gasteiger partial charge in [0.2, 0.25) is 0 Å². The van der Waals surface area contributed by atoms with Crippen LogP contribution in [0.15, 0.2) is 24.3 Å². The molecule has 0 aromatic heterocycles. The minimum Gasteiger partial charge on any atom is -0.497 e. The first-order valence-corrected chi connectivity index (χ1v) is 3.19. The number of ether oxygens (including phenoxy) is 1. The molecule has 0 saturated carbocycles. The summed E-state index contributed by atoms with van der Waals surface area (Å²) in [4.78, 5) is 14.1. The molecular formula is C7H7NO4. The SMILES string of the molecule is COc1cccc(O[N+](=O)[O-])c1. The molecule has 64 valence electrons. The van der Waals surface area contributed by atoms with Crippen molar-refractivity contribution in [2.24, 2.45) is 0 Å². The van der Waals surface area contributed by atoms with Crippen molar-refractivity contribution in [3.8, 4) is 11.5 Å². The molecule has 5 nitrogen and oxygen atoms in total. The highest BCUT2D eigenvalue weighted by Crippen LogP contribution is 2.18. The van der Waals surface area contributed by atoms with Crippen LogP contribution in [0.4, 0.5) is 0 Å². The van der Waals surface area contributed by atoms with Crippen LogP contribution in [0.2, 0.25) is 0 Å². The summed E-state index contributed by atoms with van der Waals surface area (Å²) < 4.78 is 4.83. The minimum absolute atomic E-state index is 0.152. The molecule has 0 amide bonds. The van der Waals surface area contributed by atoms with Crippen molar-refractivity contribution in [2.45, 2.75) is 0 Å². The first-order valence-electron chi connectivity index (χ1n) is 3.19. The number of methoxy groups -OCH3 is 1. The number of nitrogens with zero attached hydrogens (tertiary/aromatic N) is 1. The average Bonchev–Trinajstić information content (AvgIpc) is 2.03. The third kappa shape index (κ3) is 2.12. The fraction of sp³-hybridized carbons (Fsp3) is 0.143. The summed E-state index contributed by atoms with van der Waals surface area (Å²) >= 11 is 0. The summed E-state index contributed by atoms with van der Waals surface area (Å²) in [5.41, 5.74) is 0. The van der Waals surface area contributed by atoms with Gasteiger partial charge in [-0.3, -0.25) is 4.84 Å². The van der Waals surface area contributed by atoms with E-state index in [1.807, 2.05) is 0 Å². The third-order valence-corrected chi connectivity index (χ3v) is 1.22. The molecule has 1 rings (SSSR count). The van der Waals surface area contributed by atoms with Crippen LogP contribution in [0.25, 0.3) is 0 Å². The van der Waals surface area contributed by atoms with Crippen LogP contribution < -0.4 is 9.57 Å². The van der Waals surface area contributed by atoms with Crippen LogP contribution in [0.1, 0.15) is 0 Å². The lowest BCUT2D eigenvalue weighted by Gasteiger charge is -2.00. The summed E-state index contributed by atoms with van der Waals surface area (Å²) in [7, 11) is 1.48. The number of hydrogen-bond donors (Lipinski definition) is 0. The van der Waals surface area contributed by atoms with Crippen molar-refractivity contribution in [3.63, 3.8) is 0 Å². The second kappa shape index (κ2) is 3.56. The predicted molar refractivity (Wildman–Crippen MR) is 40.6 cm³/mol. The lowest BCUT2D eigenvalue weighted by Crippen LogP contribution is -2.03. The number of rotatable bonds is 3. The second-order valence-electron chi connectivity index (χ2n) is 1.99. The quantitative estimate of drug-likeness (QED) is 0.504. The molecule has 0 N–H and O–H groups in total. The molecule has 0 heterocycles. The monoisotopic (exact) mass is 169 g/mol. The van der Waals surface area contributed by atoms with Crippen molar-refractivity contribution >= 4 is 0 Å². The lowest BCUT2D eigenvalue weighted by atomic mass is 10.3. The van der Waals surface area contributed by atoms with Crippen molar-refractivity contribution in [2.75, 3.05) is 7.11 Å². The van der Waals surface area contributed by atoms with Gasteiger partial charge in [0.1, 0.15) is 11.5 Å². The Kier molecular flexibility index (Phi) is 2.47. The molecule has 0 atom stereocenters. The Bertz CT molecular complexity index is 286. The van der Waals surface area contributed by atoms with Gasteiger partial charge < -0.3 is 4.74 Å². The van der Waals surface area contributed by atoms with Crippen molar-refractivity contribution < 1.29 is 14.7 Å². The van der Waals surface area contributed by atoms with Gasteiger partial charge in [0.25, 0.3) is 5.09 Å². The molecule has 0 aliphatic rings. The van der Waals surface area contributed by atoms with Gasteiger partial charge in [0, 0.05) is 6.07 Å². The summed E-state index contributed by atoms with van der Waals surface area (Å²) in [6.07, 6.45) is 0. The molecular weight excluding hydrogens is 162 g/mol. The van der Waals surface area contributed by atoms with E-state index in [1.165, 1.54) is 19.2 Å². The highest BCUT2D eigenvalue weighted by atomic mass is 17.0. The Labute approximate surface area is 68.6 Å². The van der Waals surface area contributed by atoms with Crippen molar-refractivity contribution in [1.82, 2.24) is 0 Å². The highest BCUT2D eigenvalue weighted by molar-refractivity contribution is 5.32. The van der Waals surface area contributed by atoms with Crippen LogP contribution in [-0.2, 0) is 0 Å². The van der Waals surface area contributed by atoms with E-state index in [-0.39, 0.29) is 5.75 Å². The summed E-state index contributed by atoms with van der Waals surface area (Å²) in [5, 5.41) is 9.04. The second-order valence-corrected chi connectivity index (χ2v) is 1.99. The van der Waals surface area contributed by atoms with E-state index in [2.05, 4.69) is 4.84 Å². The topological polar surface area (TPSA) is 61.6 Å². The molecule has 5 heteroatoms. The maximum absolute atomic E-state index is 9.91. The van der Waals surface area contributed by atoms with Gasteiger partial charge in [-0.25, -0.2) is 0 Å². The zero-order chi connectivity index (χ0) is 8.97. The predicted octanol–water partition coefficient (Wildman–Crippen LogP) is 1.27. The molecule has 0 aliphatic heterocycles. The molecule has 0 fully saturated rings. The van der Waals surface area contributed by atoms with E-state index in [0.29, 0.717) is 5.75 Å². The van der Waals surface area contributed by atoms with Crippen LogP contribution in [0.3, 0.4) is 0 Å². The molecule has 12 heavy (non-hydrogen) atoms. The zero-order valence-electron chi connectivity index (χ0n) is 6.39. The van der Waals surface area contributed by atoms with Crippen molar-refractivity contribution in [3.05, 3.63) is 34.4 Å². The summed E-state index contributed by atoms with van der Waals surface area (Å²) in [5.74, 6) is 0.675. The molecule has 1 aromatic rings. The minimum atomic E-state index is -0.866. The Morgan fingerprint density at radius 2 is 2.08 bits per heavy atom. The van der Waals surface area contributed by atoms with E-state index in [4.69, 9.17) is 4.74 Å². The molecule has 0 radical (unpaired) electrons. The van der Waals surface area contributed by atoms with Gasteiger partial charge in [-0.1, -0.05) is 6.07 Å². The summed E-state index contributed by atoms with van der Waals surface area (Å²) in [6.45, 7) is 0. The smallest absolute Gasteiger partial charge is 0.299 e. The number of hydrogen-bond acceptors (Lipinski definition) is 4. The Hall–Kier alpha value is -1.78. The highest BCUT2D eigenvalue weighted by Gasteiger charge is 1.99. The fourth-order valence-corrected chi connectivity index (χ4v) is 0.744. The van der Waals surface area contributed by atoms with Gasteiger partial charge in [-0.15, -0.1) is 10.1 Å². The standard InChI is InChI=1S/C7H7NO4/c1-11-6-3-2-4-7(5-6)12-8(9)10/h2-5H,1H3. The summed E-state index contributed by atoms with van der Waals surface area (Å²) in [6, 6.07) is 6.19. The lowest BCUT2D eigenvalue weighted by molar-refractivity contribution is -0.711. The maximum Gasteiger partial charge on any atom is 0.299 e. The largest absolute Gasteiger partial charge is 0.497 e. The van der Waals surface area contributed by atoms with E-state index >= 15 is 0 Å². The van der Waals surface area contributed by atoms with E-state index in [9.17, 15) is 10.1 Å². The Balaban J connectivity index is 2.79. The van der Waals surface area contributed by atoms with E-state index in [0.717, 1.165) is 0 Å². The molecule has 0 unspecified atom stereocenters. The average molecular weight is 169 g/mol. The number of benzene rings is 1. The van der Waals surface area contributed by atoms with Crippen LogP contribution in [0, 0.1) is 10.1 Å². The third-order valence-electron chi connectivity index (χ3n) is 1.22. The first-order chi connectivity index (χ1) is 5.72. The molecule has 0 aliphatic carbocycles. The Morgan fingerprint density at radius 3 is 2.67 bits per heavy atom. The molecule has 1 aromatic carbocycles. The van der Waals surface area contributed by atoms with Crippen molar-refractivity contribution in [1.29, 1.82) is 0 Å². The van der Waals surface area contributed by atoms with Crippen LogP contribution in [0.5, 0.6) is 11.5 Å². The Morgan fingerprint density at radius 1 is 1.42 bits per heavy atom. The van der Waals surface area contributed by atoms with Gasteiger partial charge in [-0.05, 0) is 12.1 Å². The van der Waals surface area contributed by atoms with E-state index in [1.54, 1.807) is 12.1 Å². The fourth-order valence-electron chi connectivity index (χ4n) is 0.744. The molecule has 0 saturated heterocycles. The van der Waals surface area contributed by atoms with Crippen LogP contribution in [-0.4, -0.2) is 12.2 Å². The zero-order valence-corrected chi connectivity index (χ0v) is 6.39. The maximum atomic E-state index is 9.91. The van der Waals surface area contributed by atoms with Gasteiger partial charge in [0.05, 0.1) is 7.11 Å².